The van der Waals surface area contributed by atoms with Crippen molar-refractivity contribution < 1.29 is 43.7 Å². The van der Waals surface area contributed by atoms with Gasteiger partial charge in [-0.05, 0) is 31.9 Å². The normalized spacial score (nSPS) is 17.4. The summed E-state index contributed by atoms with van der Waals surface area (Å²) in [6, 6.07) is 7.18. The van der Waals surface area contributed by atoms with Crippen LogP contribution in [0.3, 0.4) is 0 Å². The van der Waals surface area contributed by atoms with E-state index >= 15 is 0 Å². The van der Waals surface area contributed by atoms with E-state index in [9.17, 15) is 34.2 Å². The highest BCUT2D eigenvalue weighted by Crippen LogP contribution is 2.26. The van der Waals surface area contributed by atoms with Gasteiger partial charge in [0.25, 0.3) is 11.8 Å². The Kier molecular flexibility index (Phi) is 10.7. The highest BCUT2D eigenvalue weighted by molar-refractivity contribution is 5.99. The van der Waals surface area contributed by atoms with E-state index in [4.69, 9.17) is 9.47 Å². The lowest BCUT2D eigenvalue weighted by Crippen LogP contribution is -2.56. The summed E-state index contributed by atoms with van der Waals surface area (Å²) < 4.78 is 10.9. The molecule has 0 aliphatic carbocycles. The number of carbonyl (C=O) groups excluding carboxylic acids is 4. The molecule has 14 heteroatoms. The van der Waals surface area contributed by atoms with Gasteiger partial charge < -0.3 is 39.7 Å². The van der Waals surface area contributed by atoms with Crippen molar-refractivity contribution in [3.8, 4) is 5.75 Å². The Hall–Kier alpha value is -4.46. The summed E-state index contributed by atoms with van der Waals surface area (Å²) in [5.74, 6) is -2.24. The highest BCUT2D eigenvalue weighted by atomic mass is 16.6. The maximum absolute atomic E-state index is 13.4. The number of fused-ring (bicyclic) bond motifs is 1. The summed E-state index contributed by atoms with van der Waals surface area (Å²) >= 11 is 0. The summed E-state index contributed by atoms with van der Waals surface area (Å²) in [4.78, 5) is 71.9. The lowest BCUT2D eigenvalue weighted by Gasteiger charge is -2.35. The Balaban J connectivity index is 1.47. The van der Waals surface area contributed by atoms with Gasteiger partial charge in [0.1, 0.15) is 17.5 Å². The number of pyridine rings is 1. The van der Waals surface area contributed by atoms with Crippen LogP contribution in [0.5, 0.6) is 5.75 Å². The fourth-order valence-electron chi connectivity index (χ4n) is 5.12. The van der Waals surface area contributed by atoms with Crippen molar-refractivity contribution in [1.29, 1.82) is 0 Å². The van der Waals surface area contributed by atoms with Crippen LogP contribution in [-0.2, 0) is 19.1 Å². The predicted octanol–water partition coefficient (Wildman–Crippen LogP) is 0.718. The molecule has 2 saturated heterocycles. The molecular weight excluding hydrogens is 562 g/mol. The molecule has 2 fully saturated rings. The van der Waals surface area contributed by atoms with Gasteiger partial charge in [-0.1, -0.05) is 12.1 Å². The van der Waals surface area contributed by atoms with Gasteiger partial charge in [-0.3, -0.25) is 19.2 Å². The van der Waals surface area contributed by atoms with Crippen LogP contribution < -0.4 is 10.1 Å². The Morgan fingerprint density at radius 1 is 1.05 bits per heavy atom. The molecule has 2 aliphatic heterocycles. The summed E-state index contributed by atoms with van der Waals surface area (Å²) in [5, 5.41) is 21.8. The first kappa shape index (κ1) is 31.5. The van der Waals surface area contributed by atoms with E-state index in [0.29, 0.717) is 30.4 Å². The van der Waals surface area contributed by atoms with E-state index in [2.05, 4.69) is 10.3 Å². The molecule has 14 nitrogen and oxygen atoms in total. The third-order valence-electron chi connectivity index (χ3n) is 7.53. The molecule has 4 rings (SSSR count). The molecule has 1 aromatic heterocycles. The number of para-hydroxylation sites is 1. The Morgan fingerprint density at radius 3 is 2.44 bits per heavy atom. The molecular formula is C29H37N5O9. The smallest absolute Gasteiger partial charge is 0.409 e. The van der Waals surface area contributed by atoms with Gasteiger partial charge in [-0.15, -0.1) is 0 Å². The zero-order valence-electron chi connectivity index (χ0n) is 24.1. The van der Waals surface area contributed by atoms with Crippen molar-refractivity contribution in [2.45, 2.75) is 32.2 Å². The minimum Gasteiger partial charge on any atom is -0.483 e. The van der Waals surface area contributed by atoms with E-state index in [0.717, 1.165) is 0 Å². The monoisotopic (exact) mass is 599 g/mol. The molecule has 2 aliphatic rings. The molecule has 4 amide bonds. The zero-order chi connectivity index (χ0) is 30.9. The molecule has 232 valence electrons. The molecule has 43 heavy (non-hydrogen) atoms. The number of benzene rings is 1. The van der Waals surface area contributed by atoms with Gasteiger partial charge in [0, 0.05) is 69.7 Å². The number of likely N-dealkylation sites (tertiary alicyclic amines) is 1. The second-order valence-electron chi connectivity index (χ2n) is 10.5. The number of aliphatic hydroxyl groups excluding tert-OH is 1. The molecule has 3 heterocycles. The predicted molar refractivity (Wildman–Crippen MR) is 152 cm³/mol. The van der Waals surface area contributed by atoms with Crippen LogP contribution in [0, 0.1) is 5.92 Å². The highest BCUT2D eigenvalue weighted by Gasteiger charge is 2.31. The van der Waals surface area contributed by atoms with Gasteiger partial charge in [-0.2, -0.15) is 0 Å². The van der Waals surface area contributed by atoms with Crippen LogP contribution in [0.1, 0.15) is 36.7 Å². The van der Waals surface area contributed by atoms with Crippen LogP contribution in [0.15, 0.2) is 30.3 Å². The average molecular weight is 600 g/mol. The lowest BCUT2D eigenvalue weighted by atomic mass is 10.1. The molecule has 2 aromatic rings. The van der Waals surface area contributed by atoms with E-state index in [1.807, 2.05) is 0 Å². The number of ether oxygens (including phenoxy) is 2. The topological polar surface area (TPSA) is 179 Å². The first-order valence-electron chi connectivity index (χ1n) is 14.3. The minimum atomic E-state index is -1.15. The first-order valence-corrected chi connectivity index (χ1v) is 14.3. The number of aromatic nitrogens is 1. The number of hydrogen-bond donors (Lipinski definition) is 3. The van der Waals surface area contributed by atoms with Crippen molar-refractivity contribution in [1.82, 2.24) is 25.0 Å². The lowest BCUT2D eigenvalue weighted by molar-refractivity contribution is -0.138. The van der Waals surface area contributed by atoms with Gasteiger partial charge >= 0.3 is 12.1 Å². The molecule has 0 bridgehead atoms. The van der Waals surface area contributed by atoms with Crippen molar-refractivity contribution in [3.05, 3.63) is 36.0 Å². The summed E-state index contributed by atoms with van der Waals surface area (Å²) in [6.07, 6.45) is -0.251. The maximum Gasteiger partial charge on any atom is 0.409 e. The average Bonchev–Trinajstić information content (AvgIpc) is 3.51. The van der Waals surface area contributed by atoms with Crippen molar-refractivity contribution in [2.75, 3.05) is 59.1 Å². The Bertz CT molecular complexity index is 1340. The minimum absolute atomic E-state index is 0.0118. The van der Waals surface area contributed by atoms with E-state index in [-0.39, 0.29) is 82.1 Å². The van der Waals surface area contributed by atoms with Crippen LogP contribution in [0.4, 0.5) is 4.79 Å². The molecule has 0 spiro atoms. The van der Waals surface area contributed by atoms with Crippen molar-refractivity contribution in [2.24, 2.45) is 5.92 Å². The van der Waals surface area contributed by atoms with Crippen molar-refractivity contribution >= 4 is 40.7 Å². The molecule has 2 atom stereocenters. The summed E-state index contributed by atoms with van der Waals surface area (Å²) in [6.45, 7) is 3.55. The standard InChI is InChI=1S/C29H37N5O9/c1-2-42-29(41)33-13-11-32(12-14-33)28(40)22(7-8-26(37)38)31-27(39)23-15-24(20-5-3-4-6-21(20)30-23)43-18-25(36)34-10-9-19(16-34)17-35/h3-6,15,19,22,35H,2,7-14,16-18H2,1H3,(H,31,39)(H,37,38)/t19-,22+/m1/s1. The molecule has 1 aromatic carbocycles. The van der Waals surface area contributed by atoms with E-state index < -0.39 is 29.9 Å². The quantitative estimate of drug-likeness (QED) is 0.333. The maximum atomic E-state index is 13.4. The molecule has 3 N–H and O–H groups in total. The van der Waals surface area contributed by atoms with E-state index in [1.165, 1.54) is 15.9 Å². The van der Waals surface area contributed by atoms with Crippen molar-refractivity contribution in [3.63, 3.8) is 0 Å². The summed E-state index contributed by atoms with van der Waals surface area (Å²) in [5.41, 5.74) is 0.366. The summed E-state index contributed by atoms with van der Waals surface area (Å²) in [7, 11) is 0. The molecule has 0 saturated carbocycles. The van der Waals surface area contributed by atoms with Gasteiger partial charge in [-0.25, -0.2) is 9.78 Å². The number of carbonyl (C=O) groups is 5. The van der Waals surface area contributed by atoms with E-state index in [1.54, 1.807) is 36.1 Å². The zero-order valence-corrected chi connectivity index (χ0v) is 24.1. The number of nitrogens with zero attached hydrogens (tertiary/aromatic N) is 4. The van der Waals surface area contributed by atoms with Gasteiger partial charge in [0.2, 0.25) is 5.91 Å². The molecule has 0 radical (unpaired) electrons. The number of aliphatic carboxylic acids is 1. The number of aliphatic hydroxyl groups is 1. The third-order valence-corrected chi connectivity index (χ3v) is 7.53. The second kappa shape index (κ2) is 14.6. The molecule has 0 unspecified atom stereocenters. The van der Waals surface area contributed by atoms with Crippen LogP contribution in [-0.4, -0.2) is 125 Å². The van der Waals surface area contributed by atoms with Crippen LogP contribution in [0.2, 0.25) is 0 Å². The van der Waals surface area contributed by atoms with Gasteiger partial charge in [0.05, 0.1) is 12.1 Å². The fraction of sp³-hybridized carbons (Fsp3) is 0.517. The largest absolute Gasteiger partial charge is 0.483 e. The fourth-order valence-corrected chi connectivity index (χ4v) is 5.12. The van der Waals surface area contributed by atoms with Crippen LogP contribution >= 0.6 is 0 Å². The number of amides is 4. The number of piperazine rings is 1. The number of rotatable bonds is 11. The number of carboxylic acids is 1. The van der Waals surface area contributed by atoms with Gasteiger partial charge in [0.15, 0.2) is 6.61 Å². The second-order valence-corrected chi connectivity index (χ2v) is 10.5. The SMILES string of the molecule is CCOC(=O)N1CCN(C(=O)[C@H](CCC(=O)O)NC(=O)c2cc(OCC(=O)N3CC[C@@H](CO)C3)c3ccccc3n2)CC1. The third kappa shape index (κ3) is 8.09. The van der Waals surface area contributed by atoms with Crippen LogP contribution in [0.25, 0.3) is 10.9 Å². The Morgan fingerprint density at radius 2 is 1.77 bits per heavy atom. The number of hydrogen-bond acceptors (Lipinski definition) is 9. The number of nitrogens with one attached hydrogen (secondary N) is 1. The Labute approximate surface area is 248 Å². The first-order chi connectivity index (χ1) is 20.7. The number of carboxylic acid groups (broad SMARTS) is 1.